The predicted octanol–water partition coefficient (Wildman–Crippen LogP) is 2.34. The number of allylic oxidation sites excluding steroid dienone is 4. The van der Waals surface area contributed by atoms with Gasteiger partial charge in [0, 0.05) is 5.92 Å². The van der Waals surface area contributed by atoms with E-state index in [2.05, 4.69) is 32.1 Å². The topological polar surface area (TPSA) is 17.1 Å². The zero-order chi connectivity index (χ0) is 8.98. The highest BCUT2D eigenvalue weighted by molar-refractivity contribution is 5.99. The van der Waals surface area contributed by atoms with Gasteiger partial charge in [-0.2, -0.15) is 0 Å². The summed E-state index contributed by atoms with van der Waals surface area (Å²) in [5.41, 5.74) is -0.0824. The van der Waals surface area contributed by atoms with E-state index in [1.165, 1.54) is 0 Å². The highest BCUT2D eigenvalue weighted by atomic mass is 16.1. The van der Waals surface area contributed by atoms with Gasteiger partial charge in [0.05, 0.1) is 5.41 Å². The third kappa shape index (κ3) is 0.715. The lowest BCUT2D eigenvalue weighted by Gasteiger charge is -2.30. The van der Waals surface area contributed by atoms with E-state index in [4.69, 9.17) is 0 Å². The van der Waals surface area contributed by atoms with Crippen molar-refractivity contribution in [2.75, 3.05) is 0 Å². The van der Waals surface area contributed by atoms with Gasteiger partial charge in [-0.15, -0.1) is 0 Å². The molecule has 0 fully saturated rings. The first-order chi connectivity index (χ1) is 5.47. The average molecular weight is 162 g/mol. The fourth-order valence-electron chi connectivity index (χ4n) is 2.41. The maximum atomic E-state index is 11.5. The van der Waals surface area contributed by atoms with Gasteiger partial charge in [0.25, 0.3) is 0 Å². The number of carbonyl (C=O) groups is 1. The second-order valence-corrected chi connectivity index (χ2v) is 4.64. The van der Waals surface area contributed by atoms with Crippen molar-refractivity contribution in [3.8, 4) is 0 Å². The third-order valence-corrected chi connectivity index (χ3v) is 3.28. The van der Waals surface area contributed by atoms with Crippen LogP contribution in [-0.2, 0) is 4.79 Å². The van der Waals surface area contributed by atoms with Crippen LogP contribution in [0.25, 0.3) is 0 Å². The highest BCUT2D eigenvalue weighted by Crippen LogP contribution is 2.52. The van der Waals surface area contributed by atoms with Crippen molar-refractivity contribution >= 4 is 5.78 Å². The molecular formula is C11H14O. The summed E-state index contributed by atoms with van der Waals surface area (Å²) in [6.45, 7) is 6.40. The van der Waals surface area contributed by atoms with Crippen LogP contribution in [0.5, 0.6) is 0 Å². The van der Waals surface area contributed by atoms with Crippen LogP contribution in [0.15, 0.2) is 24.3 Å². The van der Waals surface area contributed by atoms with Crippen LogP contribution in [-0.4, -0.2) is 5.78 Å². The fraction of sp³-hybridized carbons (Fsp3) is 0.545. The number of rotatable bonds is 0. The van der Waals surface area contributed by atoms with E-state index in [-0.39, 0.29) is 16.6 Å². The average Bonchev–Trinajstić information content (AvgIpc) is 2.37. The minimum absolute atomic E-state index is 0.150. The molecule has 0 spiro atoms. The lowest BCUT2D eigenvalue weighted by atomic mass is 9.72. The summed E-state index contributed by atoms with van der Waals surface area (Å²) in [7, 11) is 0. The van der Waals surface area contributed by atoms with Crippen LogP contribution in [0.3, 0.4) is 0 Å². The van der Waals surface area contributed by atoms with E-state index < -0.39 is 0 Å². The zero-order valence-electron chi connectivity index (χ0n) is 7.79. The van der Waals surface area contributed by atoms with Gasteiger partial charge in [-0.1, -0.05) is 32.1 Å². The van der Waals surface area contributed by atoms with Crippen LogP contribution < -0.4 is 0 Å². The molecule has 0 aliphatic heterocycles. The van der Waals surface area contributed by atoms with Crippen LogP contribution >= 0.6 is 0 Å². The zero-order valence-corrected chi connectivity index (χ0v) is 7.79. The molecule has 0 saturated carbocycles. The summed E-state index contributed by atoms with van der Waals surface area (Å²) in [5, 5.41) is 0. The van der Waals surface area contributed by atoms with Crippen LogP contribution in [0, 0.1) is 16.7 Å². The largest absolute Gasteiger partial charge is 0.294 e. The molecule has 0 radical (unpaired) electrons. The summed E-state index contributed by atoms with van der Waals surface area (Å²) >= 11 is 0. The molecule has 0 amide bonds. The van der Waals surface area contributed by atoms with E-state index >= 15 is 0 Å². The number of hydrogen-bond acceptors (Lipinski definition) is 1. The van der Waals surface area contributed by atoms with Gasteiger partial charge < -0.3 is 0 Å². The molecule has 12 heavy (non-hydrogen) atoms. The van der Waals surface area contributed by atoms with Crippen molar-refractivity contribution in [1.29, 1.82) is 0 Å². The molecule has 0 unspecified atom stereocenters. The summed E-state index contributed by atoms with van der Waals surface area (Å²) in [4.78, 5) is 11.5. The fourth-order valence-corrected chi connectivity index (χ4v) is 2.41. The Morgan fingerprint density at radius 1 is 1.25 bits per heavy atom. The van der Waals surface area contributed by atoms with Crippen LogP contribution in [0.2, 0.25) is 0 Å². The summed E-state index contributed by atoms with van der Waals surface area (Å²) in [6.07, 6.45) is 8.03. The molecule has 2 aliphatic rings. The Hall–Kier alpha value is -0.850. The van der Waals surface area contributed by atoms with Crippen molar-refractivity contribution in [3.05, 3.63) is 24.3 Å². The van der Waals surface area contributed by atoms with Crippen molar-refractivity contribution in [3.63, 3.8) is 0 Å². The Labute approximate surface area is 73.2 Å². The number of ketones is 1. The SMILES string of the molecule is CC1(C)C=C[C@]2(C)C(=O)C=C[C@H]12. The minimum Gasteiger partial charge on any atom is -0.294 e. The molecule has 0 aromatic rings. The standard InChI is InChI=1S/C11H14O/c1-10(2)6-7-11(3)8(10)4-5-9(11)12/h4-8H,1-3H3/t8-,11+/m1/s1. The summed E-state index contributed by atoms with van der Waals surface area (Å²) < 4.78 is 0. The third-order valence-electron chi connectivity index (χ3n) is 3.28. The van der Waals surface area contributed by atoms with Gasteiger partial charge in [-0.25, -0.2) is 0 Å². The van der Waals surface area contributed by atoms with Gasteiger partial charge in [0.2, 0.25) is 0 Å². The first-order valence-electron chi connectivity index (χ1n) is 4.40. The summed E-state index contributed by atoms with van der Waals surface area (Å²) in [5.74, 6) is 0.631. The quantitative estimate of drug-likeness (QED) is 0.500. The molecule has 0 N–H and O–H groups in total. The van der Waals surface area contributed by atoms with Gasteiger partial charge in [-0.3, -0.25) is 4.79 Å². The molecule has 1 heteroatoms. The maximum Gasteiger partial charge on any atom is 0.165 e. The molecule has 2 rings (SSSR count). The van der Waals surface area contributed by atoms with Gasteiger partial charge in [0.15, 0.2) is 5.78 Å². The Bertz CT molecular complexity index is 296. The number of fused-ring (bicyclic) bond motifs is 1. The second kappa shape index (κ2) is 1.90. The van der Waals surface area contributed by atoms with Gasteiger partial charge in [0.1, 0.15) is 0 Å². The van der Waals surface area contributed by atoms with Crippen molar-refractivity contribution < 1.29 is 4.79 Å². The normalized spacial score (nSPS) is 42.2. The molecule has 0 saturated heterocycles. The smallest absolute Gasteiger partial charge is 0.165 e. The lowest BCUT2D eigenvalue weighted by molar-refractivity contribution is -0.121. The van der Waals surface area contributed by atoms with E-state index in [1.54, 1.807) is 6.08 Å². The predicted molar refractivity (Wildman–Crippen MR) is 48.7 cm³/mol. The molecule has 0 bridgehead atoms. The molecule has 2 aliphatic carbocycles. The number of hydrogen-bond donors (Lipinski definition) is 0. The molecular weight excluding hydrogens is 148 g/mol. The Morgan fingerprint density at radius 3 is 2.50 bits per heavy atom. The van der Waals surface area contributed by atoms with E-state index in [0.29, 0.717) is 5.92 Å². The Kier molecular flexibility index (Phi) is 1.23. The lowest BCUT2D eigenvalue weighted by Crippen LogP contribution is -2.30. The Balaban J connectivity index is 2.48. The Morgan fingerprint density at radius 2 is 1.92 bits per heavy atom. The number of carbonyl (C=O) groups excluding carboxylic acids is 1. The van der Waals surface area contributed by atoms with Gasteiger partial charge in [-0.05, 0) is 18.4 Å². The van der Waals surface area contributed by atoms with Crippen molar-refractivity contribution in [2.45, 2.75) is 20.8 Å². The minimum atomic E-state index is -0.233. The van der Waals surface area contributed by atoms with Crippen molar-refractivity contribution in [2.24, 2.45) is 16.7 Å². The van der Waals surface area contributed by atoms with Gasteiger partial charge >= 0.3 is 0 Å². The monoisotopic (exact) mass is 162 g/mol. The van der Waals surface area contributed by atoms with Crippen molar-refractivity contribution in [1.82, 2.24) is 0 Å². The summed E-state index contributed by atoms with van der Waals surface area (Å²) in [6, 6.07) is 0. The molecule has 1 nitrogen and oxygen atoms in total. The second-order valence-electron chi connectivity index (χ2n) is 4.64. The molecule has 2 atom stereocenters. The highest BCUT2D eigenvalue weighted by Gasteiger charge is 2.50. The van der Waals surface area contributed by atoms with E-state index in [1.807, 2.05) is 6.92 Å². The molecule has 0 heterocycles. The first-order valence-corrected chi connectivity index (χ1v) is 4.40. The first kappa shape index (κ1) is 7.78. The van der Waals surface area contributed by atoms with Crippen LogP contribution in [0.1, 0.15) is 20.8 Å². The van der Waals surface area contributed by atoms with Crippen LogP contribution in [0.4, 0.5) is 0 Å². The molecule has 64 valence electrons. The van der Waals surface area contributed by atoms with E-state index in [0.717, 1.165) is 0 Å². The molecule has 0 aromatic heterocycles. The molecule has 0 aromatic carbocycles. The van der Waals surface area contributed by atoms with E-state index in [9.17, 15) is 4.79 Å². The maximum absolute atomic E-state index is 11.5.